The van der Waals surface area contributed by atoms with Crippen molar-refractivity contribution in [2.24, 2.45) is 27.6 Å². The van der Waals surface area contributed by atoms with E-state index in [-0.39, 0.29) is 23.4 Å². The molecule has 0 aliphatic heterocycles. The fourth-order valence-electron chi connectivity index (χ4n) is 2.78. The van der Waals surface area contributed by atoms with Crippen LogP contribution in [0, 0.1) is 5.41 Å². The number of rotatable bonds is 13. The molecule has 1 heterocycles. The zero-order valence-electron chi connectivity index (χ0n) is 18.5. The highest BCUT2D eigenvalue weighted by atomic mass is 16.2. The molecule has 1 aromatic heterocycles. The third-order valence-corrected chi connectivity index (χ3v) is 4.57. The molecule has 0 radical (unpaired) electrons. The number of carbonyl (C=O) groups excluding carboxylic acids is 1. The van der Waals surface area contributed by atoms with Crippen molar-refractivity contribution in [3.05, 3.63) is 22.7 Å². The van der Waals surface area contributed by atoms with Gasteiger partial charge < -0.3 is 27.8 Å². The minimum atomic E-state index is -0.552. The largest absolute Gasteiger partial charge is 0.370 e. The molecule has 1 rings (SSSR count). The summed E-state index contributed by atoms with van der Waals surface area (Å²) >= 11 is 0. The van der Waals surface area contributed by atoms with Crippen LogP contribution in [0.25, 0.3) is 0 Å². The Bertz CT molecular complexity index is 735. The van der Waals surface area contributed by atoms with Crippen molar-refractivity contribution in [2.45, 2.75) is 65.5 Å². The van der Waals surface area contributed by atoms with Gasteiger partial charge in [0.1, 0.15) is 5.82 Å². The summed E-state index contributed by atoms with van der Waals surface area (Å²) < 4.78 is 1.56. The van der Waals surface area contributed by atoms with E-state index in [0.717, 1.165) is 38.6 Å². The average molecular weight is 423 g/mol. The number of guanidine groups is 1. The number of aromatic nitrogens is 2. The van der Waals surface area contributed by atoms with Gasteiger partial charge in [-0.3, -0.25) is 14.4 Å². The predicted octanol–water partition coefficient (Wildman–Crippen LogP) is 0.369. The summed E-state index contributed by atoms with van der Waals surface area (Å²) in [6.45, 7) is 8.07. The summed E-state index contributed by atoms with van der Waals surface area (Å²) in [4.78, 5) is 32.3. The first kappa shape index (κ1) is 25.6. The molecule has 0 aliphatic rings. The quantitative estimate of drug-likeness (QED) is 0.174. The third kappa shape index (κ3) is 10.4. The monoisotopic (exact) mass is 422 g/mol. The van der Waals surface area contributed by atoms with Crippen molar-refractivity contribution >= 4 is 17.7 Å². The molecule has 0 saturated carbocycles. The minimum Gasteiger partial charge on any atom is -0.370 e. The number of nitrogens with two attached hydrogens (primary N) is 3. The Labute approximate surface area is 178 Å². The smallest absolute Gasteiger partial charge is 0.349 e. The molecule has 10 heteroatoms. The van der Waals surface area contributed by atoms with Crippen molar-refractivity contribution in [1.29, 1.82) is 0 Å². The first-order chi connectivity index (χ1) is 14.1. The molecule has 0 spiro atoms. The van der Waals surface area contributed by atoms with Crippen LogP contribution in [0.1, 0.15) is 52.9 Å². The maximum atomic E-state index is 12.3. The normalized spacial score (nSPS) is 12.4. The van der Waals surface area contributed by atoms with E-state index in [4.69, 9.17) is 17.2 Å². The van der Waals surface area contributed by atoms with Gasteiger partial charge in [0.15, 0.2) is 5.96 Å². The molecule has 8 N–H and O–H groups in total. The number of aliphatic imine (C=N–C) groups is 1. The molecule has 0 aromatic carbocycles. The first-order valence-corrected chi connectivity index (χ1v) is 10.5. The molecular weight excluding hydrogens is 384 g/mol. The maximum absolute atomic E-state index is 12.3. The molecule has 30 heavy (non-hydrogen) atoms. The Balaban J connectivity index is 2.56. The lowest BCUT2D eigenvalue weighted by atomic mass is 9.96. The van der Waals surface area contributed by atoms with Crippen LogP contribution in [0.3, 0.4) is 0 Å². The van der Waals surface area contributed by atoms with Gasteiger partial charge in [0.2, 0.25) is 5.91 Å². The fourth-order valence-corrected chi connectivity index (χ4v) is 2.78. The van der Waals surface area contributed by atoms with E-state index in [0.29, 0.717) is 25.7 Å². The molecule has 0 aliphatic carbocycles. The summed E-state index contributed by atoms with van der Waals surface area (Å²) in [7, 11) is 0. The van der Waals surface area contributed by atoms with Crippen LogP contribution in [0.2, 0.25) is 0 Å². The van der Waals surface area contributed by atoms with Gasteiger partial charge in [-0.25, -0.2) is 4.79 Å². The Hall–Kier alpha value is -2.46. The van der Waals surface area contributed by atoms with Gasteiger partial charge >= 0.3 is 5.69 Å². The summed E-state index contributed by atoms with van der Waals surface area (Å²) in [5.41, 5.74) is 15.4. The second-order valence-electron chi connectivity index (χ2n) is 8.38. The average Bonchev–Trinajstić information content (AvgIpc) is 2.65. The van der Waals surface area contributed by atoms with Crippen LogP contribution >= 0.6 is 0 Å². The van der Waals surface area contributed by atoms with E-state index >= 15 is 0 Å². The van der Waals surface area contributed by atoms with Gasteiger partial charge in [0.05, 0.1) is 0 Å². The van der Waals surface area contributed by atoms with Crippen LogP contribution in [-0.2, 0) is 11.3 Å². The minimum absolute atomic E-state index is 0.108. The standard InChI is InChI=1S/C20H38N8O2/c1-20(2,3)17(29)26-16-9-14-28(19(30)27-16)13-5-8-15(24-12-6-10-21)7-4-11-25-18(22)23/h9,14-15,24H,4-8,10-13,21H2,1-3H3,(H4,22,23,25)(H,26,27,29,30)/t15-/m0/s1. The first-order valence-electron chi connectivity index (χ1n) is 10.5. The van der Waals surface area contributed by atoms with Crippen molar-refractivity contribution in [3.63, 3.8) is 0 Å². The molecule has 0 bridgehead atoms. The van der Waals surface area contributed by atoms with Crippen molar-refractivity contribution in [3.8, 4) is 0 Å². The van der Waals surface area contributed by atoms with Crippen molar-refractivity contribution in [1.82, 2.24) is 14.9 Å². The van der Waals surface area contributed by atoms with Gasteiger partial charge in [0, 0.05) is 30.7 Å². The highest BCUT2D eigenvalue weighted by molar-refractivity contribution is 5.93. The van der Waals surface area contributed by atoms with Gasteiger partial charge in [-0.15, -0.1) is 0 Å². The number of nitrogens with zero attached hydrogens (tertiary/aromatic N) is 3. The van der Waals surface area contributed by atoms with Crippen LogP contribution in [0.4, 0.5) is 5.82 Å². The number of carbonyl (C=O) groups is 1. The van der Waals surface area contributed by atoms with E-state index in [9.17, 15) is 9.59 Å². The number of amides is 1. The second-order valence-corrected chi connectivity index (χ2v) is 8.38. The number of nitrogens with one attached hydrogen (secondary N) is 2. The van der Waals surface area contributed by atoms with Gasteiger partial charge in [-0.2, -0.15) is 4.98 Å². The second kappa shape index (κ2) is 13.0. The summed E-state index contributed by atoms with van der Waals surface area (Å²) in [5.74, 6) is 0.202. The molecule has 0 fully saturated rings. The van der Waals surface area contributed by atoms with Gasteiger partial charge in [-0.1, -0.05) is 20.8 Å². The molecule has 0 saturated heterocycles. The van der Waals surface area contributed by atoms with E-state index in [1.165, 1.54) is 0 Å². The Morgan fingerprint density at radius 3 is 2.53 bits per heavy atom. The van der Waals surface area contributed by atoms with Gasteiger partial charge in [-0.05, 0) is 51.3 Å². The van der Waals surface area contributed by atoms with E-state index in [1.54, 1.807) is 37.6 Å². The number of anilines is 1. The van der Waals surface area contributed by atoms with Gasteiger partial charge in [0.25, 0.3) is 0 Å². The van der Waals surface area contributed by atoms with E-state index < -0.39 is 5.41 Å². The topological polar surface area (TPSA) is 166 Å². The zero-order chi connectivity index (χ0) is 22.6. The predicted molar refractivity (Wildman–Crippen MR) is 121 cm³/mol. The summed E-state index contributed by atoms with van der Waals surface area (Å²) in [5, 5.41) is 6.19. The molecule has 1 amide bonds. The highest BCUT2D eigenvalue weighted by Gasteiger charge is 2.21. The van der Waals surface area contributed by atoms with Crippen LogP contribution in [0.5, 0.6) is 0 Å². The number of hydrogen-bond donors (Lipinski definition) is 5. The molecule has 1 aromatic rings. The lowest BCUT2D eigenvalue weighted by Gasteiger charge is -2.19. The lowest BCUT2D eigenvalue weighted by molar-refractivity contribution is -0.123. The molecular formula is C20H38N8O2. The van der Waals surface area contributed by atoms with Crippen molar-refractivity contribution < 1.29 is 4.79 Å². The maximum Gasteiger partial charge on any atom is 0.349 e. The summed E-state index contributed by atoms with van der Waals surface area (Å²) in [6.07, 6.45) is 6.12. The zero-order valence-corrected chi connectivity index (χ0v) is 18.5. The van der Waals surface area contributed by atoms with Crippen LogP contribution < -0.4 is 33.5 Å². The number of hydrogen-bond acceptors (Lipinski definition) is 6. The highest BCUT2D eigenvalue weighted by Crippen LogP contribution is 2.15. The van der Waals surface area contributed by atoms with E-state index in [1.807, 2.05) is 0 Å². The lowest BCUT2D eigenvalue weighted by Crippen LogP contribution is -2.32. The number of aryl methyl sites for hydroxylation is 1. The Kier molecular flexibility index (Phi) is 11.1. The Morgan fingerprint density at radius 2 is 1.93 bits per heavy atom. The summed E-state index contributed by atoms with van der Waals surface area (Å²) in [6, 6.07) is 1.96. The third-order valence-electron chi connectivity index (χ3n) is 4.57. The van der Waals surface area contributed by atoms with Crippen molar-refractivity contribution in [2.75, 3.05) is 25.0 Å². The fraction of sp³-hybridized carbons (Fsp3) is 0.700. The SMILES string of the molecule is CC(C)(C)C(=O)Nc1ccn(CCC[C@H](CCCN=C(N)N)NCCCN)c(=O)n1. The molecule has 1 atom stereocenters. The van der Waals surface area contributed by atoms with Crippen LogP contribution in [-0.4, -0.2) is 47.1 Å². The molecule has 170 valence electrons. The molecule has 10 nitrogen and oxygen atoms in total. The van der Waals surface area contributed by atoms with E-state index in [2.05, 4.69) is 20.6 Å². The van der Waals surface area contributed by atoms with Crippen LogP contribution in [0.15, 0.2) is 22.1 Å². The molecule has 0 unspecified atom stereocenters. The Morgan fingerprint density at radius 1 is 1.23 bits per heavy atom.